The number of para-hydroxylation sites is 1. The van der Waals surface area contributed by atoms with Crippen LogP contribution in [0, 0.1) is 0 Å². The third-order valence-corrected chi connectivity index (χ3v) is 3.85. The molecule has 0 aliphatic rings. The first-order valence-electron chi connectivity index (χ1n) is 7.61. The molecule has 0 spiro atoms. The van der Waals surface area contributed by atoms with E-state index < -0.39 is 12.1 Å². The SMILES string of the molecule is CNC(Cc1c[nH]c2ccccc12)C(=O)NC(C=O)CCC=O. The predicted molar refractivity (Wildman–Crippen MR) is 88.1 cm³/mol. The van der Waals surface area contributed by atoms with Crippen LogP contribution in [-0.2, 0) is 20.8 Å². The summed E-state index contributed by atoms with van der Waals surface area (Å²) in [4.78, 5) is 36.9. The first-order chi connectivity index (χ1) is 11.2. The van der Waals surface area contributed by atoms with Gasteiger partial charge in [0.25, 0.3) is 0 Å². The second kappa shape index (κ2) is 8.24. The lowest BCUT2D eigenvalue weighted by atomic mass is 10.0. The van der Waals surface area contributed by atoms with Crippen LogP contribution in [0.25, 0.3) is 10.9 Å². The molecule has 2 aromatic rings. The number of nitrogens with one attached hydrogen (secondary N) is 3. The summed E-state index contributed by atoms with van der Waals surface area (Å²) in [5, 5.41) is 6.73. The molecule has 0 radical (unpaired) electrons. The highest BCUT2D eigenvalue weighted by Gasteiger charge is 2.21. The average Bonchev–Trinajstić information content (AvgIpc) is 2.99. The van der Waals surface area contributed by atoms with Crippen molar-refractivity contribution in [2.24, 2.45) is 0 Å². The van der Waals surface area contributed by atoms with E-state index in [1.165, 1.54) is 0 Å². The molecule has 23 heavy (non-hydrogen) atoms. The number of hydrogen-bond donors (Lipinski definition) is 3. The van der Waals surface area contributed by atoms with Crippen LogP contribution in [0.2, 0.25) is 0 Å². The van der Waals surface area contributed by atoms with Crippen molar-refractivity contribution in [2.45, 2.75) is 31.3 Å². The Morgan fingerprint density at radius 1 is 1.30 bits per heavy atom. The van der Waals surface area contributed by atoms with E-state index in [9.17, 15) is 14.4 Å². The van der Waals surface area contributed by atoms with Crippen LogP contribution < -0.4 is 10.6 Å². The molecule has 122 valence electrons. The van der Waals surface area contributed by atoms with Crippen molar-refractivity contribution in [3.63, 3.8) is 0 Å². The van der Waals surface area contributed by atoms with Crippen LogP contribution >= 0.6 is 0 Å². The van der Waals surface area contributed by atoms with Gasteiger partial charge in [0.15, 0.2) is 0 Å². The second-order valence-corrected chi connectivity index (χ2v) is 5.40. The number of aromatic nitrogens is 1. The lowest BCUT2D eigenvalue weighted by Gasteiger charge is -2.18. The molecule has 0 bridgehead atoms. The largest absolute Gasteiger partial charge is 0.361 e. The maximum Gasteiger partial charge on any atom is 0.238 e. The fourth-order valence-electron chi connectivity index (χ4n) is 2.55. The Kier molecular flexibility index (Phi) is 6.05. The van der Waals surface area contributed by atoms with Crippen molar-refractivity contribution < 1.29 is 14.4 Å². The molecule has 2 unspecified atom stereocenters. The zero-order chi connectivity index (χ0) is 16.7. The maximum absolute atomic E-state index is 12.3. The molecule has 0 saturated carbocycles. The molecule has 1 aromatic carbocycles. The van der Waals surface area contributed by atoms with Crippen molar-refractivity contribution >= 4 is 29.4 Å². The average molecular weight is 315 g/mol. The third-order valence-electron chi connectivity index (χ3n) is 3.85. The molecule has 0 aliphatic carbocycles. The fraction of sp³-hybridized carbons (Fsp3) is 0.353. The summed E-state index contributed by atoms with van der Waals surface area (Å²) in [7, 11) is 1.71. The van der Waals surface area contributed by atoms with Gasteiger partial charge in [0, 0.05) is 23.5 Å². The van der Waals surface area contributed by atoms with Gasteiger partial charge in [-0.3, -0.25) is 4.79 Å². The van der Waals surface area contributed by atoms with Crippen molar-refractivity contribution in [3.8, 4) is 0 Å². The topological polar surface area (TPSA) is 91.1 Å². The first kappa shape index (κ1) is 16.9. The zero-order valence-electron chi connectivity index (χ0n) is 13.0. The van der Waals surface area contributed by atoms with E-state index in [4.69, 9.17) is 0 Å². The van der Waals surface area contributed by atoms with Gasteiger partial charge in [0.1, 0.15) is 12.6 Å². The summed E-state index contributed by atoms with van der Waals surface area (Å²) in [6.07, 6.45) is 4.38. The van der Waals surface area contributed by atoms with Crippen LogP contribution in [0.4, 0.5) is 0 Å². The Morgan fingerprint density at radius 2 is 2.09 bits per heavy atom. The van der Waals surface area contributed by atoms with Crippen molar-refractivity contribution in [1.29, 1.82) is 0 Å². The molecule has 6 nitrogen and oxygen atoms in total. The molecule has 1 heterocycles. The number of carbonyl (C=O) groups is 3. The second-order valence-electron chi connectivity index (χ2n) is 5.40. The first-order valence-corrected chi connectivity index (χ1v) is 7.61. The van der Waals surface area contributed by atoms with Crippen LogP contribution in [0.1, 0.15) is 18.4 Å². The van der Waals surface area contributed by atoms with Crippen LogP contribution in [0.15, 0.2) is 30.5 Å². The maximum atomic E-state index is 12.3. The Balaban J connectivity index is 2.05. The molecule has 0 fully saturated rings. The van der Waals surface area contributed by atoms with Crippen molar-refractivity contribution in [1.82, 2.24) is 15.6 Å². The molecule has 1 amide bonds. The number of likely N-dealkylation sites (N-methyl/N-ethyl adjacent to an activating group) is 1. The van der Waals surface area contributed by atoms with Crippen LogP contribution in [-0.4, -0.2) is 42.6 Å². The Morgan fingerprint density at radius 3 is 2.78 bits per heavy atom. The predicted octanol–water partition coefficient (Wildman–Crippen LogP) is 0.961. The summed E-state index contributed by atoms with van der Waals surface area (Å²) in [5.74, 6) is -0.249. The van der Waals surface area contributed by atoms with Crippen LogP contribution in [0.5, 0.6) is 0 Å². The van der Waals surface area contributed by atoms with Gasteiger partial charge in [0.05, 0.1) is 12.1 Å². The molecule has 0 saturated heterocycles. The number of hydrogen-bond acceptors (Lipinski definition) is 4. The summed E-state index contributed by atoms with van der Waals surface area (Å²) in [5.41, 5.74) is 2.06. The van der Waals surface area contributed by atoms with E-state index in [0.29, 0.717) is 19.1 Å². The highest BCUT2D eigenvalue weighted by Crippen LogP contribution is 2.19. The van der Waals surface area contributed by atoms with E-state index in [0.717, 1.165) is 22.8 Å². The van der Waals surface area contributed by atoms with Gasteiger partial charge in [0.2, 0.25) is 5.91 Å². The Labute approximate surface area is 134 Å². The molecule has 6 heteroatoms. The molecule has 2 rings (SSSR count). The molecule has 0 aliphatic heterocycles. The molecule has 1 aromatic heterocycles. The van der Waals surface area contributed by atoms with E-state index in [-0.39, 0.29) is 12.3 Å². The van der Waals surface area contributed by atoms with Crippen molar-refractivity contribution in [3.05, 3.63) is 36.0 Å². The number of H-pyrrole nitrogens is 1. The number of aromatic amines is 1. The lowest BCUT2D eigenvalue weighted by Crippen LogP contribution is -2.48. The third kappa shape index (κ3) is 4.26. The van der Waals surface area contributed by atoms with E-state index in [1.807, 2.05) is 30.5 Å². The minimum atomic E-state index is -0.633. The number of rotatable bonds is 9. The van der Waals surface area contributed by atoms with E-state index >= 15 is 0 Å². The van der Waals surface area contributed by atoms with Gasteiger partial charge in [-0.15, -0.1) is 0 Å². The standard InChI is InChI=1S/C17H21N3O3/c1-18-16(17(23)20-13(11-22)5-4-8-21)9-12-10-19-15-7-3-2-6-14(12)15/h2-3,6-8,10-11,13,16,18-19H,4-5,9H2,1H3,(H,20,23). The minimum Gasteiger partial charge on any atom is -0.361 e. The quantitative estimate of drug-likeness (QED) is 0.601. The molecular weight excluding hydrogens is 294 g/mol. The highest BCUT2D eigenvalue weighted by molar-refractivity contribution is 5.87. The van der Waals surface area contributed by atoms with Gasteiger partial charge in [-0.2, -0.15) is 0 Å². The van der Waals surface area contributed by atoms with Crippen molar-refractivity contribution in [2.75, 3.05) is 7.05 Å². The summed E-state index contributed by atoms with van der Waals surface area (Å²) < 4.78 is 0. The summed E-state index contributed by atoms with van der Waals surface area (Å²) in [6.45, 7) is 0. The van der Waals surface area contributed by atoms with Gasteiger partial charge < -0.3 is 25.2 Å². The van der Waals surface area contributed by atoms with Gasteiger partial charge >= 0.3 is 0 Å². The molecule has 3 N–H and O–H groups in total. The highest BCUT2D eigenvalue weighted by atomic mass is 16.2. The Bertz CT molecular complexity index is 681. The molecular formula is C17H21N3O3. The van der Waals surface area contributed by atoms with E-state index in [1.54, 1.807) is 7.05 Å². The Hall–Kier alpha value is -2.47. The zero-order valence-corrected chi connectivity index (χ0v) is 13.0. The lowest BCUT2D eigenvalue weighted by molar-refractivity contribution is -0.126. The number of fused-ring (bicyclic) bond motifs is 1. The fourth-order valence-corrected chi connectivity index (χ4v) is 2.55. The number of carbonyl (C=O) groups excluding carboxylic acids is 3. The van der Waals surface area contributed by atoms with Crippen LogP contribution in [0.3, 0.4) is 0 Å². The van der Waals surface area contributed by atoms with Gasteiger partial charge in [-0.25, -0.2) is 0 Å². The monoisotopic (exact) mass is 315 g/mol. The minimum absolute atomic E-state index is 0.246. The normalized spacial score (nSPS) is 13.4. The molecule has 2 atom stereocenters. The number of aldehydes is 2. The van der Waals surface area contributed by atoms with Gasteiger partial charge in [-0.05, 0) is 31.5 Å². The van der Waals surface area contributed by atoms with E-state index in [2.05, 4.69) is 15.6 Å². The summed E-state index contributed by atoms with van der Waals surface area (Å²) in [6, 6.07) is 6.81. The smallest absolute Gasteiger partial charge is 0.238 e. The number of amides is 1. The van der Waals surface area contributed by atoms with Gasteiger partial charge in [-0.1, -0.05) is 18.2 Å². The number of benzene rings is 1. The summed E-state index contributed by atoms with van der Waals surface area (Å²) >= 11 is 0.